The Morgan fingerprint density at radius 3 is 0.651 bits per heavy atom. The van der Waals surface area contributed by atoms with E-state index in [4.69, 9.17) is 0 Å². The molecule has 0 bridgehead atoms. The molecule has 0 radical (unpaired) electrons. The van der Waals surface area contributed by atoms with E-state index in [-0.39, 0.29) is 22.4 Å². The van der Waals surface area contributed by atoms with Crippen LogP contribution in [0, 0.1) is 13.3 Å². The van der Waals surface area contributed by atoms with Crippen LogP contribution in [0.3, 0.4) is 0 Å². The van der Waals surface area contributed by atoms with Crippen molar-refractivity contribution in [3.8, 4) is 0 Å². The topological polar surface area (TPSA) is 13.0 Å². The second-order valence-corrected chi connectivity index (χ2v) is 10.0. The monoisotopic (exact) mass is 649 g/mol. The third-order valence-electron chi connectivity index (χ3n) is 7.40. The SMILES string of the molecule is [Ag+].c1ccc(N2[CH-]N(c3ccccc3)c3ccccc32)cc1.c1ccc(N2[CH-]N(c3ccccc3)c3ccccc32)cc1. The number of fused-ring (bicyclic) bond motifs is 2. The molecule has 2 heterocycles. The fourth-order valence-electron chi connectivity index (χ4n) is 5.40. The van der Waals surface area contributed by atoms with Gasteiger partial charge in [0, 0.05) is 45.5 Å². The van der Waals surface area contributed by atoms with Crippen molar-refractivity contribution in [1.29, 1.82) is 0 Å². The summed E-state index contributed by atoms with van der Waals surface area (Å²) in [7, 11) is 0. The van der Waals surface area contributed by atoms with Crippen molar-refractivity contribution in [2.75, 3.05) is 19.6 Å². The van der Waals surface area contributed by atoms with Gasteiger partial charge in [0.1, 0.15) is 0 Å². The first-order valence-corrected chi connectivity index (χ1v) is 14.1. The predicted octanol–water partition coefficient (Wildman–Crippen LogP) is 10.2. The molecule has 0 N–H and O–H groups in total. The largest absolute Gasteiger partial charge is 1.00 e. The fraction of sp³-hybridized carbons (Fsp3) is 0. The van der Waals surface area contributed by atoms with Crippen LogP contribution >= 0.6 is 0 Å². The van der Waals surface area contributed by atoms with Crippen LogP contribution in [-0.4, -0.2) is 0 Å². The van der Waals surface area contributed by atoms with E-state index in [1.807, 2.05) is 24.3 Å². The Morgan fingerprint density at radius 2 is 0.442 bits per heavy atom. The maximum Gasteiger partial charge on any atom is 1.00 e. The van der Waals surface area contributed by atoms with E-state index in [0.29, 0.717) is 0 Å². The number of hydrogen-bond acceptors (Lipinski definition) is 4. The summed E-state index contributed by atoms with van der Waals surface area (Å²) in [5.74, 6) is 0. The summed E-state index contributed by atoms with van der Waals surface area (Å²) in [6.07, 6.45) is 0. The first kappa shape index (κ1) is 28.4. The molecule has 8 rings (SSSR count). The second kappa shape index (κ2) is 13.1. The first-order valence-electron chi connectivity index (χ1n) is 14.1. The van der Waals surface area contributed by atoms with E-state index in [1.54, 1.807) is 0 Å². The summed E-state index contributed by atoms with van der Waals surface area (Å²) in [6.45, 7) is 4.30. The van der Waals surface area contributed by atoms with Gasteiger partial charge in [-0.3, -0.25) is 0 Å². The summed E-state index contributed by atoms with van der Waals surface area (Å²) in [6, 6.07) is 58.7. The molecule has 4 nitrogen and oxygen atoms in total. The Kier molecular flexibility index (Phi) is 8.62. The minimum absolute atomic E-state index is 0. The average molecular weight is 651 g/mol. The molecule has 0 saturated carbocycles. The van der Waals surface area contributed by atoms with Gasteiger partial charge in [0.05, 0.1) is 0 Å². The zero-order chi connectivity index (χ0) is 28.1. The Bertz CT molecular complexity index is 1490. The van der Waals surface area contributed by atoms with Gasteiger partial charge < -0.3 is 19.6 Å². The molecular formula is C38H30AgN4-. The average Bonchev–Trinajstić information content (AvgIpc) is 3.67. The third-order valence-corrected chi connectivity index (χ3v) is 7.40. The minimum Gasteiger partial charge on any atom is -0.473 e. The molecule has 0 unspecified atom stereocenters. The van der Waals surface area contributed by atoms with Crippen molar-refractivity contribution in [2.24, 2.45) is 0 Å². The van der Waals surface area contributed by atoms with Gasteiger partial charge in [0.15, 0.2) is 0 Å². The molecule has 0 fully saturated rings. The van der Waals surface area contributed by atoms with Crippen molar-refractivity contribution in [2.45, 2.75) is 0 Å². The molecule has 0 aliphatic carbocycles. The fourth-order valence-corrected chi connectivity index (χ4v) is 5.40. The van der Waals surface area contributed by atoms with E-state index in [0.717, 1.165) is 0 Å². The number of rotatable bonds is 4. The van der Waals surface area contributed by atoms with Crippen LogP contribution in [0.15, 0.2) is 170 Å². The zero-order valence-electron chi connectivity index (χ0n) is 23.4. The van der Waals surface area contributed by atoms with Gasteiger partial charge in [0.25, 0.3) is 0 Å². The maximum absolute atomic E-state index is 2.22. The molecule has 43 heavy (non-hydrogen) atoms. The van der Waals surface area contributed by atoms with Crippen molar-refractivity contribution in [1.82, 2.24) is 0 Å². The van der Waals surface area contributed by atoms with Crippen molar-refractivity contribution < 1.29 is 22.4 Å². The van der Waals surface area contributed by atoms with Crippen molar-refractivity contribution in [3.05, 3.63) is 183 Å². The van der Waals surface area contributed by atoms with Crippen LogP contribution in [0.2, 0.25) is 0 Å². The van der Waals surface area contributed by atoms with Gasteiger partial charge in [0.2, 0.25) is 0 Å². The van der Waals surface area contributed by atoms with Crippen LogP contribution < -0.4 is 19.6 Å². The minimum atomic E-state index is 0. The third kappa shape index (κ3) is 5.81. The Balaban J connectivity index is 0.000000150. The molecule has 2 aliphatic rings. The van der Waals surface area contributed by atoms with Crippen LogP contribution in [0.5, 0.6) is 0 Å². The molecule has 6 aromatic rings. The number of benzene rings is 6. The van der Waals surface area contributed by atoms with Crippen molar-refractivity contribution >= 4 is 45.5 Å². The van der Waals surface area contributed by atoms with E-state index >= 15 is 0 Å². The summed E-state index contributed by atoms with van der Waals surface area (Å²) < 4.78 is 0. The van der Waals surface area contributed by atoms with Gasteiger partial charge in [-0.25, -0.2) is 0 Å². The van der Waals surface area contributed by atoms with E-state index in [1.165, 1.54) is 45.5 Å². The Morgan fingerprint density at radius 1 is 0.256 bits per heavy atom. The smallest absolute Gasteiger partial charge is 0.473 e. The molecule has 0 saturated heterocycles. The van der Waals surface area contributed by atoms with Crippen LogP contribution in [-0.2, 0) is 22.4 Å². The van der Waals surface area contributed by atoms with E-state index in [9.17, 15) is 0 Å². The second-order valence-electron chi connectivity index (χ2n) is 10.0. The quantitative estimate of drug-likeness (QED) is 0.139. The Hall–Kier alpha value is -4.74. The first-order chi connectivity index (χ1) is 20.9. The number of hydrogen-bond donors (Lipinski definition) is 0. The van der Waals surface area contributed by atoms with Gasteiger partial charge in [-0.2, -0.15) is 0 Å². The summed E-state index contributed by atoms with van der Waals surface area (Å²) in [5, 5.41) is 0. The van der Waals surface area contributed by atoms with Crippen LogP contribution in [0.1, 0.15) is 0 Å². The molecular weight excluding hydrogens is 620 g/mol. The number of para-hydroxylation sites is 8. The molecule has 0 amide bonds. The molecule has 6 aromatic carbocycles. The molecule has 0 atom stereocenters. The van der Waals surface area contributed by atoms with Crippen molar-refractivity contribution in [3.63, 3.8) is 0 Å². The number of anilines is 8. The summed E-state index contributed by atoms with van der Waals surface area (Å²) in [4.78, 5) is 8.90. The maximum atomic E-state index is 2.22. The standard InChI is InChI=1S/2C19H15N2.Ag/c2*1-3-9-16(10-4-1)20-15-21(17-11-5-2-6-12-17)19-14-8-7-13-18(19)20;/h2*1-15H;/q2*-1;+1. The molecule has 0 aromatic heterocycles. The van der Waals surface area contributed by atoms with Gasteiger partial charge in [-0.05, 0) is 72.8 Å². The Labute approximate surface area is 269 Å². The van der Waals surface area contributed by atoms with E-state index in [2.05, 4.69) is 179 Å². The molecule has 0 spiro atoms. The van der Waals surface area contributed by atoms with Gasteiger partial charge in [-0.1, -0.05) is 97.1 Å². The van der Waals surface area contributed by atoms with Gasteiger partial charge in [-0.15, -0.1) is 13.3 Å². The van der Waals surface area contributed by atoms with Crippen LogP contribution in [0.25, 0.3) is 0 Å². The predicted molar refractivity (Wildman–Crippen MR) is 176 cm³/mol. The van der Waals surface area contributed by atoms with Gasteiger partial charge >= 0.3 is 22.4 Å². The van der Waals surface area contributed by atoms with E-state index < -0.39 is 0 Å². The summed E-state index contributed by atoms with van der Waals surface area (Å²) in [5.41, 5.74) is 9.48. The number of nitrogens with zero attached hydrogens (tertiary/aromatic N) is 4. The molecule has 5 heteroatoms. The molecule has 214 valence electrons. The molecule has 2 aliphatic heterocycles. The summed E-state index contributed by atoms with van der Waals surface area (Å²) >= 11 is 0. The normalized spacial score (nSPS) is 13.0. The van der Waals surface area contributed by atoms with Crippen LogP contribution in [0.4, 0.5) is 45.5 Å². The zero-order valence-corrected chi connectivity index (χ0v) is 24.9.